The molecule has 34 heavy (non-hydrogen) atoms. The molecule has 2 amide bonds. The van der Waals surface area contributed by atoms with Gasteiger partial charge in [-0.2, -0.15) is 0 Å². The number of ether oxygens (including phenoxy) is 1. The third-order valence-corrected chi connectivity index (χ3v) is 6.81. The Morgan fingerprint density at radius 1 is 1.21 bits per heavy atom. The number of benzene rings is 1. The van der Waals surface area contributed by atoms with E-state index < -0.39 is 6.10 Å². The zero-order valence-corrected chi connectivity index (χ0v) is 20.0. The van der Waals surface area contributed by atoms with Gasteiger partial charge in [0.1, 0.15) is 22.3 Å². The van der Waals surface area contributed by atoms with Gasteiger partial charge in [-0.1, -0.05) is 24.3 Å². The highest BCUT2D eigenvalue weighted by Crippen LogP contribution is 2.39. The lowest BCUT2D eigenvalue weighted by Crippen LogP contribution is -2.48. The van der Waals surface area contributed by atoms with Gasteiger partial charge >= 0.3 is 0 Å². The number of amides is 2. The van der Waals surface area contributed by atoms with Crippen molar-refractivity contribution in [3.63, 3.8) is 0 Å². The van der Waals surface area contributed by atoms with E-state index in [4.69, 9.17) is 9.72 Å². The topological polar surface area (TPSA) is 110 Å². The fraction of sp³-hybridized carbons (Fsp3) is 0.217. The minimum atomic E-state index is -0.648. The molecule has 4 heterocycles. The van der Waals surface area contributed by atoms with E-state index in [0.29, 0.717) is 23.0 Å². The van der Waals surface area contributed by atoms with Crippen LogP contribution < -0.4 is 15.0 Å². The lowest BCUT2D eigenvalue weighted by Gasteiger charge is -2.33. The molecule has 0 spiro atoms. The monoisotopic (exact) mass is 492 g/mol. The molecule has 5 rings (SSSR count). The largest absolute Gasteiger partial charge is 0.478 e. The first-order valence-electron chi connectivity index (χ1n) is 10.6. The Morgan fingerprint density at radius 3 is 2.82 bits per heavy atom. The number of hydrogen-bond acceptors (Lipinski definition) is 9. The molecule has 11 heteroatoms. The van der Waals surface area contributed by atoms with Gasteiger partial charge in [-0.25, -0.2) is 4.98 Å². The Hall–Kier alpha value is -3.70. The highest BCUT2D eigenvalue weighted by atomic mass is 32.1. The van der Waals surface area contributed by atoms with Crippen LogP contribution in [0.4, 0.5) is 10.8 Å². The van der Waals surface area contributed by atoms with Crippen LogP contribution in [0.2, 0.25) is 0 Å². The molecule has 3 aromatic heterocycles. The number of carbonyl (C=O) groups excluding carboxylic acids is 2. The second kappa shape index (κ2) is 9.27. The lowest BCUT2D eigenvalue weighted by atomic mass is 10.1. The molecule has 0 saturated carbocycles. The molecular formula is C23H20N6O3S2. The molecule has 1 N–H and O–H groups in total. The Morgan fingerprint density at radius 2 is 2.09 bits per heavy atom. The molecule has 9 nitrogen and oxygen atoms in total. The Bertz CT molecular complexity index is 1350. The van der Waals surface area contributed by atoms with E-state index >= 15 is 0 Å². The SMILES string of the molecule is CCC1Oc2ccc(-c3csc(-c4ccccn4)n3)cc2N(CC(=O)Nc2nnc(C)s2)C1=O. The minimum Gasteiger partial charge on any atom is -0.478 e. The summed E-state index contributed by atoms with van der Waals surface area (Å²) in [5, 5.41) is 14.4. The number of thiazole rings is 1. The fourth-order valence-electron chi connectivity index (χ4n) is 3.57. The van der Waals surface area contributed by atoms with E-state index in [0.717, 1.165) is 27.0 Å². The molecule has 1 atom stereocenters. The summed E-state index contributed by atoms with van der Waals surface area (Å²) in [4.78, 5) is 36.4. The van der Waals surface area contributed by atoms with E-state index in [1.807, 2.05) is 48.7 Å². The molecule has 4 aromatic rings. The average Bonchev–Trinajstić information content (AvgIpc) is 3.50. The van der Waals surface area contributed by atoms with Gasteiger partial charge in [0, 0.05) is 17.1 Å². The van der Waals surface area contributed by atoms with Gasteiger partial charge < -0.3 is 4.74 Å². The van der Waals surface area contributed by atoms with E-state index in [2.05, 4.69) is 20.5 Å². The predicted molar refractivity (Wildman–Crippen MR) is 131 cm³/mol. The smallest absolute Gasteiger partial charge is 0.268 e. The maximum atomic E-state index is 13.1. The van der Waals surface area contributed by atoms with Crippen molar-refractivity contribution in [3.8, 4) is 27.7 Å². The van der Waals surface area contributed by atoms with Gasteiger partial charge in [-0.3, -0.25) is 24.8 Å². The van der Waals surface area contributed by atoms with Crippen LogP contribution in [0.1, 0.15) is 18.4 Å². The Kier molecular flexibility index (Phi) is 6.03. The normalized spacial score (nSPS) is 15.1. The van der Waals surface area contributed by atoms with Crippen LogP contribution in [-0.2, 0) is 9.59 Å². The number of nitrogens with zero attached hydrogens (tertiary/aromatic N) is 5. The van der Waals surface area contributed by atoms with Crippen molar-refractivity contribution >= 4 is 45.3 Å². The fourth-order valence-corrected chi connectivity index (χ4v) is 4.98. The van der Waals surface area contributed by atoms with Crippen LogP contribution in [0.15, 0.2) is 48.0 Å². The molecule has 0 saturated heterocycles. The molecule has 0 radical (unpaired) electrons. The summed E-state index contributed by atoms with van der Waals surface area (Å²) < 4.78 is 5.92. The van der Waals surface area contributed by atoms with Crippen molar-refractivity contribution < 1.29 is 14.3 Å². The predicted octanol–water partition coefficient (Wildman–Crippen LogP) is 4.17. The second-order valence-corrected chi connectivity index (χ2v) is 9.59. The molecule has 1 aliphatic heterocycles. The van der Waals surface area contributed by atoms with Gasteiger partial charge in [0.15, 0.2) is 6.10 Å². The van der Waals surface area contributed by atoms with Gasteiger partial charge in [0.05, 0.1) is 17.1 Å². The quantitative estimate of drug-likeness (QED) is 0.430. The Balaban J connectivity index is 1.45. The molecule has 172 valence electrons. The Labute approximate surface area is 203 Å². The van der Waals surface area contributed by atoms with Crippen molar-refractivity contribution in [2.24, 2.45) is 0 Å². The summed E-state index contributed by atoms with van der Waals surface area (Å²) in [6, 6.07) is 11.2. The first-order chi connectivity index (χ1) is 16.5. The third-order valence-electron chi connectivity index (χ3n) is 5.19. The average molecular weight is 493 g/mol. The van der Waals surface area contributed by atoms with Crippen LogP contribution in [-0.4, -0.2) is 44.6 Å². The van der Waals surface area contributed by atoms with Crippen molar-refractivity contribution in [1.82, 2.24) is 20.2 Å². The third kappa shape index (κ3) is 4.39. The number of fused-ring (bicyclic) bond motifs is 1. The van der Waals surface area contributed by atoms with Crippen molar-refractivity contribution in [2.45, 2.75) is 26.4 Å². The van der Waals surface area contributed by atoms with Crippen LogP contribution >= 0.6 is 22.7 Å². The molecule has 1 aromatic carbocycles. The van der Waals surface area contributed by atoms with Gasteiger partial charge in [0.25, 0.3) is 5.91 Å². The first kappa shape index (κ1) is 22.1. The number of nitrogens with one attached hydrogen (secondary N) is 1. The van der Waals surface area contributed by atoms with Crippen molar-refractivity contribution in [2.75, 3.05) is 16.8 Å². The number of anilines is 2. The van der Waals surface area contributed by atoms with Gasteiger partial charge in [0.2, 0.25) is 11.0 Å². The van der Waals surface area contributed by atoms with Crippen molar-refractivity contribution in [1.29, 1.82) is 0 Å². The van der Waals surface area contributed by atoms with Crippen LogP contribution in [0.3, 0.4) is 0 Å². The standard InChI is InChI=1S/C23H20N6O3S2/c1-3-18-22(31)29(11-20(30)26-23-28-27-13(2)34-23)17-10-14(7-8-19(17)32-18)16-12-33-21(25-16)15-6-4-5-9-24-15/h4-10,12,18H,3,11H2,1-2H3,(H,26,28,30). The van der Waals surface area contributed by atoms with E-state index in [1.54, 1.807) is 13.1 Å². The number of hydrogen-bond donors (Lipinski definition) is 1. The van der Waals surface area contributed by atoms with Gasteiger partial charge in [-0.05, 0) is 43.7 Å². The zero-order chi connectivity index (χ0) is 23.7. The van der Waals surface area contributed by atoms with Crippen LogP contribution in [0, 0.1) is 6.92 Å². The summed E-state index contributed by atoms with van der Waals surface area (Å²) in [6.45, 7) is 3.52. The second-order valence-electron chi connectivity index (χ2n) is 7.55. The van der Waals surface area contributed by atoms with Crippen molar-refractivity contribution in [3.05, 3.63) is 53.0 Å². The molecule has 0 bridgehead atoms. The highest BCUT2D eigenvalue weighted by Gasteiger charge is 2.35. The molecule has 0 fully saturated rings. The zero-order valence-electron chi connectivity index (χ0n) is 18.4. The van der Waals surface area contributed by atoms with E-state index in [9.17, 15) is 9.59 Å². The van der Waals surface area contributed by atoms with E-state index in [1.165, 1.54) is 27.6 Å². The summed E-state index contributed by atoms with van der Waals surface area (Å²) in [6.07, 6.45) is 1.58. The number of pyridine rings is 1. The summed E-state index contributed by atoms with van der Waals surface area (Å²) >= 11 is 2.77. The number of rotatable bonds is 6. The molecule has 1 unspecified atom stereocenters. The minimum absolute atomic E-state index is 0.163. The first-order valence-corrected chi connectivity index (χ1v) is 12.3. The summed E-state index contributed by atoms with van der Waals surface area (Å²) in [5.74, 6) is -0.0677. The van der Waals surface area contributed by atoms with Gasteiger partial charge in [-0.15, -0.1) is 21.5 Å². The number of aryl methyl sites for hydroxylation is 1. The van der Waals surface area contributed by atoms with Crippen LogP contribution in [0.5, 0.6) is 5.75 Å². The number of aromatic nitrogens is 4. The van der Waals surface area contributed by atoms with E-state index in [-0.39, 0.29) is 18.4 Å². The maximum absolute atomic E-state index is 13.1. The summed E-state index contributed by atoms with van der Waals surface area (Å²) in [5.41, 5.74) is 2.90. The number of carbonyl (C=O) groups is 2. The lowest BCUT2D eigenvalue weighted by molar-refractivity contribution is -0.128. The summed E-state index contributed by atoms with van der Waals surface area (Å²) in [7, 11) is 0. The maximum Gasteiger partial charge on any atom is 0.268 e. The highest BCUT2D eigenvalue weighted by molar-refractivity contribution is 7.15. The molecule has 1 aliphatic rings. The molecule has 0 aliphatic carbocycles. The molecular weight excluding hydrogens is 472 g/mol. The van der Waals surface area contributed by atoms with Crippen LogP contribution in [0.25, 0.3) is 22.0 Å².